The number of carbonyl (C=O) groups excluding carboxylic acids is 1. The minimum atomic E-state index is -4.64. The molecular formula is C15H18F3N3O. The van der Waals surface area contributed by atoms with Crippen molar-refractivity contribution in [2.75, 3.05) is 18.0 Å². The van der Waals surface area contributed by atoms with Gasteiger partial charge in [0.25, 0.3) is 0 Å². The van der Waals surface area contributed by atoms with E-state index < -0.39 is 23.2 Å². The van der Waals surface area contributed by atoms with Crippen LogP contribution in [0.15, 0.2) is 18.2 Å². The number of hydrogen-bond donors (Lipinski definition) is 1. The molecule has 0 atom stereocenters. The Morgan fingerprint density at radius 3 is 2.32 bits per heavy atom. The fourth-order valence-electron chi connectivity index (χ4n) is 2.06. The van der Waals surface area contributed by atoms with Crippen LogP contribution in [-0.2, 0) is 11.0 Å². The van der Waals surface area contributed by atoms with Gasteiger partial charge in [0.1, 0.15) is 0 Å². The molecular weight excluding hydrogens is 295 g/mol. The number of nitrogens with zero attached hydrogens (tertiary/aromatic N) is 2. The van der Waals surface area contributed by atoms with Crippen molar-refractivity contribution >= 4 is 11.6 Å². The minimum Gasteiger partial charge on any atom is -0.368 e. The minimum absolute atomic E-state index is 0.194. The molecule has 0 saturated carbocycles. The summed E-state index contributed by atoms with van der Waals surface area (Å²) in [4.78, 5) is 12.7. The summed E-state index contributed by atoms with van der Waals surface area (Å²) in [5, 5.41) is 8.81. The number of anilines is 1. The molecule has 0 spiro atoms. The maximum Gasteiger partial charge on any atom is 0.417 e. The van der Waals surface area contributed by atoms with Crippen molar-refractivity contribution < 1.29 is 18.0 Å². The first kappa shape index (κ1) is 17.8. The van der Waals surface area contributed by atoms with Gasteiger partial charge < -0.3 is 10.6 Å². The number of nitriles is 1. The lowest BCUT2D eigenvalue weighted by molar-refractivity contribution is -0.137. The van der Waals surface area contributed by atoms with Crippen LogP contribution in [0.25, 0.3) is 0 Å². The van der Waals surface area contributed by atoms with E-state index in [9.17, 15) is 18.0 Å². The Kier molecular flexibility index (Phi) is 5.07. The number of benzene rings is 1. The molecule has 0 fully saturated rings. The molecule has 1 aromatic rings. The zero-order valence-electron chi connectivity index (χ0n) is 12.7. The molecule has 0 aromatic heterocycles. The number of hydrogen-bond acceptors (Lipinski definition) is 3. The van der Waals surface area contributed by atoms with Gasteiger partial charge in [0.05, 0.1) is 23.7 Å². The van der Waals surface area contributed by atoms with E-state index in [-0.39, 0.29) is 17.6 Å². The van der Waals surface area contributed by atoms with E-state index in [4.69, 9.17) is 11.0 Å². The summed E-state index contributed by atoms with van der Waals surface area (Å²) in [5.74, 6) is -0.637. The van der Waals surface area contributed by atoms with Crippen LogP contribution in [0.5, 0.6) is 0 Å². The average Bonchev–Trinajstić information content (AvgIpc) is 2.34. The largest absolute Gasteiger partial charge is 0.417 e. The Hall–Kier alpha value is -2.23. The molecule has 0 aliphatic carbocycles. The zero-order valence-corrected chi connectivity index (χ0v) is 12.7. The van der Waals surface area contributed by atoms with E-state index in [0.717, 1.165) is 12.1 Å². The summed E-state index contributed by atoms with van der Waals surface area (Å²) in [6, 6.07) is 4.91. The molecule has 4 nitrogen and oxygen atoms in total. The second kappa shape index (κ2) is 6.26. The highest BCUT2D eigenvalue weighted by molar-refractivity contribution is 5.79. The second-order valence-corrected chi connectivity index (χ2v) is 6.22. The lowest BCUT2D eigenvalue weighted by Crippen LogP contribution is -2.39. The Bertz CT molecular complexity index is 598. The SMILES string of the molecule is CC(C)(C)CN(CC(N)=O)c1ccc(C#N)c(C(F)(F)F)c1. The smallest absolute Gasteiger partial charge is 0.368 e. The van der Waals surface area contributed by atoms with E-state index >= 15 is 0 Å². The van der Waals surface area contributed by atoms with E-state index in [1.54, 1.807) is 0 Å². The molecule has 0 heterocycles. The van der Waals surface area contributed by atoms with Crippen molar-refractivity contribution in [2.24, 2.45) is 11.1 Å². The Balaban J connectivity index is 3.31. The molecule has 1 rings (SSSR count). The third-order valence-corrected chi connectivity index (χ3v) is 2.81. The molecule has 0 bridgehead atoms. The highest BCUT2D eigenvalue weighted by atomic mass is 19.4. The van der Waals surface area contributed by atoms with Crippen LogP contribution in [0.2, 0.25) is 0 Å². The van der Waals surface area contributed by atoms with Gasteiger partial charge in [-0.15, -0.1) is 0 Å². The first-order valence-electron chi connectivity index (χ1n) is 6.58. The van der Waals surface area contributed by atoms with Crippen molar-refractivity contribution in [3.63, 3.8) is 0 Å². The Morgan fingerprint density at radius 1 is 1.32 bits per heavy atom. The highest BCUT2D eigenvalue weighted by Gasteiger charge is 2.34. The molecule has 22 heavy (non-hydrogen) atoms. The molecule has 0 unspecified atom stereocenters. The molecule has 7 heteroatoms. The standard InChI is InChI=1S/C15H18F3N3O/c1-14(2,3)9-21(8-13(20)22)11-5-4-10(7-19)12(6-11)15(16,17)18/h4-6H,8-9H2,1-3H3,(H2,20,22). The number of carbonyl (C=O) groups is 1. The number of rotatable bonds is 4. The van der Waals surface area contributed by atoms with Gasteiger partial charge in [0.15, 0.2) is 0 Å². The summed E-state index contributed by atoms with van der Waals surface area (Å²) in [5.41, 5.74) is 3.66. The fraction of sp³-hybridized carbons (Fsp3) is 0.467. The molecule has 2 N–H and O–H groups in total. The molecule has 0 aliphatic rings. The van der Waals surface area contributed by atoms with Gasteiger partial charge >= 0.3 is 6.18 Å². The number of amides is 1. The van der Waals surface area contributed by atoms with Gasteiger partial charge in [-0.05, 0) is 23.6 Å². The number of halogens is 3. The van der Waals surface area contributed by atoms with Crippen molar-refractivity contribution in [3.8, 4) is 6.07 Å². The summed E-state index contributed by atoms with van der Waals surface area (Å²) in [6.45, 7) is 5.85. The van der Waals surface area contributed by atoms with Gasteiger partial charge in [0.2, 0.25) is 5.91 Å². The van der Waals surface area contributed by atoms with E-state index in [0.29, 0.717) is 6.54 Å². The van der Waals surface area contributed by atoms with Gasteiger partial charge in [-0.3, -0.25) is 4.79 Å². The lowest BCUT2D eigenvalue weighted by Gasteiger charge is -2.31. The van der Waals surface area contributed by atoms with Gasteiger partial charge in [0, 0.05) is 12.2 Å². The normalized spacial score (nSPS) is 11.9. The third kappa shape index (κ3) is 4.95. The maximum absolute atomic E-state index is 13.0. The molecule has 120 valence electrons. The highest BCUT2D eigenvalue weighted by Crippen LogP contribution is 2.35. The number of primary amides is 1. The Morgan fingerprint density at radius 2 is 1.91 bits per heavy atom. The summed E-state index contributed by atoms with van der Waals surface area (Å²) >= 11 is 0. The van der Waals surface area contributed by atoms with Crippen LogP contribution >= 0.6 is 0 Å². The zero-order chi connectivity index (χ0) is 17.1. The van der Waals surface area contributed by atoms with Crippen LogP contribution in [0, 0.1) is 16.7 Å². The lowest BCUT2D eigenvalue weighted by atomic mass is 9.95. The van der Waals surface area contributed by atoms with Crippen LogP contribution < -0.4 is 10.6 Å². The van der Waals surface area contributed by atoms with Crippen LogP contribution in [0.1, 0.15) is 31.9 Å². The summed E-state index contributed by atoms with van der Waals surface area (Å²) in [6.07, 6.45) is -4.64. The quantitative estimate of drug-likeness (QED) is 0.929. The van der Waals surface area contributed by atoms with E-state index in [1.165, 1.54) is 17.0 Å². The molecule has 0 saturated heterocycles. The summed E-state index contributed by atoms with van der Waals surface area (Å²) < 4.78 is 39.1. The van der Waals surface area contributed by atoms with Crippen molar-refractivity contribution in [1.82, 2.24) is 0 Å². The maximum atomic E-state index is 13.0. The second-order valence-electron chi connectivity index (χ2n) is 6.22. The molecule has 1 aromatic carbocycles. The van der Waals surface area contributed by atoms with Crippen molar-refractivity contribution in [3.05, 3.63) is 29.3 Å². The topological polar surface area (TPSA) is 70.1 Å². The van der Waals surface area contributed by atoms with Gasteiger partial charge in [-0.1, -0.05) is 20.8 Å². The van der Waals surface area contributed by atoms with E-state index in [2.05, 4.69) is 0 Å². The van der Waals surface area contributed by atoms with Gasteiger partial charge in [-0.2, -0.15) is 18.4 Å². The van der Waals surface area contributed by atoms with Crippen LogP contribution in [0.4, 0.5) is 18.9 Å². The average molecular weight is 313 g/mol. The first-order valence-corrected chi connectivity index (χ1v) is 6.58. The van der Waals surface area contributed by atoms with Crippen molar-refractivity contribution in [2.45, 2.75) is 26.9 Å². The number of alkyl halides is 3. The van der Waals surface area contributed by atoms with Crippen LogP contribution in [-0.4, -0.2) is 19.0 Å². The predicted molar refractivity (Wildman–Crippen MR) is 77.0 cm³/mol. The monoisotopic (exact) mass is 313 g/mol. The fourth-order valence-corrected chi connectivity index (χ4v) is 2.06. The summed E-state index contributed by atoms with van der Waals surface area (Å²) in [7, 11) is 0. The predicted octanol–water partition coefficient (Wildman–Crippen LogP) is 2.91. The number of nitrogens with two attached hydrogens (primary N) is 1. The third-order valence-electron chi connectivity index (χ3n) is 2.81. The van der Waals surface area contributed by atoms with Gasteiger partial charge in [-0.25, -0.2) is 0 Å². The molecule has 1 amide bonds. The van der Waals surface area contributed by atoms with Crippen LogP contribution in [0.3, 0.4) is 0 Å². The Labute approximate surface area is 127 Å². The first-order chi connectivity index (χ1) is 9.94. The van der Waals surface area contributed by atoms with Crippen molar-refractivity contribution in [1.29, 1.82) is 5.26 Å². The molecule has 0 radical (unpaired) electrons. The molecule has 0 aliphatic heterocycles. The van der Waals surface area contributed by atoms with E-state index in [1.807, 2.05) is 20.8 Å².